The molecule has 1 heteroatoms. The summed E-state index contributed by atoms with van der Waals surface area (Å²) in [7, 11) is 0. The minimum Gasteiger partial charge on any atom is -0.398 e. The van der Waals surface area contributed by atoms with Crippen LogP contribution in [0.2, 0.25) is 0 Å². The maximum absolute atomic E-state index is 5.97. The number of nitrogen functional groups attached to an aromatic ring is 1. The highest BCUT2D eigenvalue weighted by atomic mass is 14.7. The average Bonchev–Trinajstić information content (AvgIpc) is 2.47. The van der Waals surface area contributed by atoms with Crippen molar-refractivity contribution < 1.29 is 0 Å². The summed E-state index contributed by atoms with van der Waals surface area (Å²) in [5.74, 6) is 3.83. The lowest BCUT2D eigenvalue weighted by molar-refractivity contribution is 0.388. The molecule has 1 nitrogen and oxygen atoms in total. The Kier molecular flexibility index (Phi) is 0.663. The number of fused-ring (bicyclic) bond motifs is 4. The Bertz CT molecular complexity index is 383. The molecule has 2 saturated carbocycles. The van der Waals surface area contributed by atoms with Gasteiger partial charge in [0.25, 0.3) is 0 Å². The molecule has 2 N–H and O–H groups in total. The Morgan fingerprint density at radius 1 is 1.33 bits per heavy atom. The highest BCUT2D eigenvalue weighted by Gasteiger charge is 2.69. The molecule has 3 aliphatic carbocycles. The van der Waals surface area contributed by atoms with Gasteiger partial charge in [-0.3, -0.25) is 0 Å². The first-order valence-corrected chi connectivity index (χ1v) is 4.76. The third-order valence-corrected chi connectivity index (χ3v) is 4.13. The van der Waals surface area contributed by atoms with Crippen molar-refractivity contribution in [2.24, 2.45) is 11.8 Å². The second-order valence-electron chi connectivity index (χ2n) is 4.46. The zero-order valence-corrected chi connectivity index (χ0v) is 6.83. The Balaban J connectivity index is 2.06. The summed E-state index contributed by atoms with van der Waals surface area (Å²) in [6.45, 7) is 0. The van der Waals surface area contributed by atoms with Crippen LogP contribution in [-0.2, 0) is 0 Å². The van der Waals surface area contributed by atoms with Crippen molar-refractivity contribution in [2.45, 2.75) is 18.3 Å². The lowest BCUT2D eigenvalue weighted by Gasteiger charge is -2.26. The van der Waals surface area contributed by atoms with E-state index in [4.69, 9.17) is 5.73 Å². The molecule has 0 spiro atoms. The molecule has 4 rings (SSSR count). The fraction of sp³-hybridized carbons (Fsp3) is 0.455. The van der Waals surface area contributed by atoms with Gasteiger partial charge in [0.05, 0.1) is 0 Å². The van der Waals surface area contributed by atoms with E-state index < -0.39 is 0 Å². The van der Waals surface area contributed by atoms with E-state index in [0.717, 1.165) is 29.4 Å². The molecule has 2 fully saturated rings. The smallest absolute Gasteiger partial charge is 0.0352 e. The van der Waals surface area contributed by atoms with E-state index in [1.165, 1.54) is 12.0 Å². The van der Waals surface area contributed by atoms with Gasteiger partial charge in [-0.2, -0.15) is 0 Å². The second kappa shape index (κ2) is 1.41. The van der Waals surface area contributed by atoms with Gasteiger partial charge in [-0.15, -0.1) is 0 Å². The molecule has 1 aromatic rings. The van der Waals surface area contributed by atoms with E-state index in [9.17, 15) is 0 Å². The van der Waals surface area contributed by atoms with E-state index in [1.807, 2.05) is 0 Å². The highest BCUT2D eigenvalue weighted by Crippen LogP contribution is 2.79. The molecule has 0 aromatic heterocycles. The Morgan fingerprint density at radius 2 is 2.25 bits per heavy atom. The molecule has 0 radical (unpaired) electrons. The maximum atomic E-state index is 5.97. The quantitative estimate of drug-likeness (QED) is 0.573. The predicted octanol–water partition coefficient (Wildman–Crippen LogP) is 2.10. The lowest BCUT2D eigenvalue weighted by Crippen LogP contribution is -2.14. The largest absolute Gasteiger partial charge is 0.398 e. The fourth-order valence-corrected chi connectivity index (χ4v) is 3.56. The van der Waals surface area contributed by atoms with Crippen LogP contribution < -0.4 is 5.73 Å². The summed E-state index contributed by atoms with van der Waals surface area (Å²) in [5.41, 5.74) is 10.1. The first kappa shape index (κ1) is 5.63. The molecule has 0 aliphatic heterocycles. The van der Waals surface area contributed by atoms with Gasteiger partial charge in [-0.25, -0.2) is 0 Å². The summed E-state index contributed by atoms with van der Waals surface area (Å²) in [4.78, 5) is 0. The van der Waals surface area contributed by atoms with E-state index in [0.29, 0.717) is 0 Å². The minimum atomic E-state index is 0.881. The van der Waals surface area contributed by atoms with E-state index in [2.05, 4.69) is 18.2 Å². The van der Waals surface area contributed by atoms with Gasteiger partial charge in [0, 0.05) is 5.69 Å². The molecule has 0 saturated heterocycles. The molecular weight excluding hydrogens is 146 g/mol. The number of anilines is 1. The molecule has 0 amide bonds. The van der Waals surface area contributed by atoms with Crippen LogP contribution in [0.15, 0.2) is 18.2 Å². The third-order valence-electron chi connectivity index (χ3n) is 4.13. The second-order valence-corrected chi connectivity index (χ2v) is 4.46. The normalized spacial score (nSPS) is 44.7. The van der Waals surface area contributed by atoms with Crippen LogP contribution in [0.3, 0.4) is 0 Å². The molecule has 60 valence electrons. The van der Waals surface area contributed by atoms with Crippen molar-refractivity contribution in [3.05, 3.63) is 29.3 Å². The summed E-state index contributed by atoms with van der Waals surface area (Å²) >= 11 is 0. The van der Waals surface area contributed by atoms with Gasteiger partial charge in [0.1, 0.15) is 0 Å². The minimum absolute atomic E-state index is 0.881. The fourth-order valence-electron chi connectivity index (χ4n) is 3.56. The molecular formula is C11H11N. The van der Waals surface area contributed by atoms with Crippen LogP contribution >= 0.6 is 0 Å². The topological polar surface area (TPSA) is 26.0 Å². The van der Waals surface area contributed by atoms with Gasteiger partial charge >= 0.3 is 0 Å². The molecule has 0 unspecified atom stereocenters. The first-order chi connectivity index (χ1) is 5.88. The molecule has 0 heterocycles. The summed E-state index contributed by atoms with van der Waals surface area (Å²) in [6.07, 6.45) is 1.45. The van der Waals surface area contributed by atoms with E-state index in [-0.39, 0.29) is 0 Å². The monoisotopic (exact) mass is 157 g/mol. The number of benzene rings is 1. The van der Waals surface area contributed by atoms with Gasteiger partial charge in [0.2, 0.25) is 0 Å². The first-order valence-electron chi connectivity index (χ1n) is 4.76. The van der Waals surface area contributed by atoms with Crippen LogP contribution in [0.25, 0.3) is 0 Å². The number of nitrogens with two attached hydrogens (primary N) is 1. The van der Waals surface area contributed by atoms with Gasteiger partial charge in [0.15, 0.2) is 0 Å². The van der Waals surface area contributed by atoms with Gasteiger partial charge < -0.3 is 5.73 Å². The molecule has 12 heavy (non-hydrogen) atoms. The predicted molar refractivity (Wildman–Crippen MR) is 47.9 cm³/mol. The van der Waals surface area contributed by atoms with E-state index in [1.54, 1.807) is 5.56 Å². The van der Waals surface area contributed by atoms with Crippen LogP contribution in [0.1, 0.15) is 29.4 Å². The maximum Gasteiger partial charge on any atom is 0.0352 e. The van der Waals surface area contributed by atoms with Crippen molar-refractivity contribution in [3.63, 3.8) is 0 Å². The Morgan fingerprint density at radius 3 is 3.08 bits per heavy atom. The molecule has 3 aliphatic rings. The summed E-state index contributed by atoms with van der Waals surface area (Å²) in [6, 6.07) is 6.43. The lowest BCUT2D eigenvalue weighted by atomic mass is 9.78. The Labute approximate surface area is 71.6 Å². The molecule has 0 bridgehead atoms. The van der Waals surface area contributed by atoms with Crippen LogP contribution in [0, 0.1) is 11.8 Å². The summed E-state index contributed by atoms with van der Waals surface area (Å²) < 4.78 is 0. The number of rotatable bonds is 0. The van der Waals surface area contributed by atoms with Crippen molar-refractivity contribution in [2.75, 3.05) is 5.73 Å². The average molecular weight is 157 g/mol. The van der Waals surface area contributed by atoms with Crippen molar-refractivity contribution in [1.82, 2.24) is 0 Å². The summed E-state index contributed by atoms with van der Waals surface area (Å²) in [5, 5.41) is 0. The van der Waals surface area contributed by atoms with Crippen molar-refractivity contribution in [1.29, 1.82) is 0 Å². The SMILES string of the molecule is Nc1cccc2c1[C@H]1[C@H]3C[C@@H]2[C@H]31. The number of hydrogen-bond donors (Lipinski definition) is 1. The zero-order valence-electron chi connectivity index (χ0n) is 6.83. The van der Waals surface area contributed by atoms with Crippen LogP contribution in [0.4, 0.5) is 5.69 Å². The molecule has 1 aromatic carbocycles. The third kappa shape index (κ3) is 0.381. The van der Waals surface area contributed by atoms with E-state index >= 15 is 0 Å². The number of hydrogen-bond acceptors (Lipinski definition) is 1. The van der Waals surface area contributed by atoms with Gasteiger partial charge in [-0.05, 0) is 47.3 Å². The van der Waals surface area contributed by atoms with Gasteiger partial charge in [-0.1, -0.05) is 12.1 Å². The van der Waals surface area contributed by atoms with Crippen LogP contribution in [0.5, 0.6) is 0 Å². The standard InChI is InChI=1S/C11H11N/c12-8-3-1-2-5-6-4-7-9(6)11(7)10(5)8/h1-3,6-7,9,11H,4,12H2/t6-,7-,9+,11-/m0/s1. The van der Waals surface area contributed by atoms with Crippen molar-refractivity contribution in [3.8, 4) is 0 Å². The zero-order chi connectivity index (χ0) is 7.87. The van der Waals surface area contributed by atoms with Crippen molar-refractivity contribution >= 4 is 5.69 Å². The highest BCUT2D eigenvalue weighted by molar-refractivity contribution is 5.63. The van der Waals surface area contributed by atoms with Crippen LogP contribution in [-0.4, -0.2) is 0 Å². The Hall–Kier alpha value is -0.980. The molecule has 4 atom stereocenters.